The van der Waals surface area contributed by atoms with Crippen molar-refractivity contribution in [1.29, 1.82) is 0 Å². The molecule has 106 valence electrons. The van der Waals surface area contributed by atoms with Crippen molar-refractivity contribution in [3.05, 3.63) is 41.1 Å². The summed E-state index contributed by atoms with van der Waals surface area (Å²) < 4.78 is 0. The van der Waals surface area contributed by atoms with Gasteiger partial charge in [-0.2, -0.15) is 0 Å². The van der Waals surface area contributed by atoms with Crippen LogP contribution in [-0.4, -0.2) is 25.0 Å². The Kier molecular flexibility index (Phi) is 4.09. The van der Waals surface area contributed by atoms with E-state index in [9.17, 15) is 4.79 Å². The van der Waals surface area contributed by atoms with Crippen LogP contribution in [0.25, 0.3) is 0 Å². The summed E-state index contributed by atoms with van der Waals surface area (Å²) in [6.07, 6.45) is 0. The van der Waals surface area contributed by atoms with E-state index in [1.807, 2.05) is 50.2 Å². The Hall–Kier alpha value is -1.88. The number of hydrogen-bond acceptors (Lipinski definition) is 3. The molecule has 0 radical (unpaired) electrons. The fourth-order valence-electron chi connectivity index (χ4n) is 2.38. The highest BCUT2D eigenvalue weighted by Gasteiger charge is 2.27. The molecule has 20 heavy (non-hydrogen) atoms. The van der Waals surface area contributed by atoms with Crippen LogP contribution in [-0.2, 0) is 4.79 Å². The number of anilines is 1. The molecule has 1 aromatic rings. The van der Waals surface area contributed by atoms with Gasteiger partial charge in [-0.05, 0) is 43.8 Å². The molecule has 0 fully saturated rings. The summed E-state index contributed by atoms with van der Waals surface area (Å²) in [5.74, 6) is 0.0479. The highest BCUT2D eigenvalue weighted by atomic mass is 32.1. The number of nitrogens with zero attached hydrogens (tertiary/aromatic N) is 1. The lowest BCUT2D eigenvalue weighted by atomic mass is 9.93. The molecule has 1 aliphatic rings. The van der Waals surface area contributed by atoms with Gasteiger partial charge in [0.15, 0.2) is 10.9 Å². The molecule has 1 aliphatic heterocycles. The quantitative estimate of drug-likeness (QED) is 0.835. The minimum Gasteiger partial charge on any atom is -0.378 e. The normalized spacial score (nSPS) is 18.4. The average Bonchev–Trinajstić information content (AvgIpc) is 2.37. The fraction of sp³-hybridized carbons (Fsp3) is 0.333. The van der Waals surface area contributed by atoms with Gasteiger partial charge < -0.3 is 15.5 Å². The highest BCUT2D eigenvalue weighted by molar-refractivity contribution is 7.80. The Bertz CT molecular complexity index is 575. The number of benzene rings is 1. The predicted octanol–water partition coefficient (Wildman–Crippen LogP) is 2.13. The lowest BCUT2D eigenvalue weighted by Crippen LogP contribution is -2.44. The zero-order valence-electron chi connectivity index (χ0n) is 12.2. The van der Waals surface area contributed by atoms with Gasteiger partial charge in [-0.15, -0.1) is 0 Å². The number of allylic oxidation sites excluding steroid dienone is 1. The number of carbonyl (C=O) groups excluding carboxylic acids is 1. The van der Waals surface area contributed by atoms with E-state index in [4.69, 9.17) is 12.2 Å². The van der Waals surface area contributed by atoms with Gasteiger partial charge in [-0.1, -0.05) is 12.1 Å². The van der Waals surface area contributed by atoms with Crippen molar-refractivity contribution in [3.63, 3.8) is 0 Å². The van der Waals surface area contributed by atoms with Crippen LogP contribution in [0.2, 0.25) is 0 Å². The Morgan fingerprint density at radius 1 is 1.25 bits per heavy atom. The number of hydrogen-bond donors (Lipinski definition) is 2. The Morgan fingerprint density at radius 2 is 1.85 bits per heavy atom. The molecule has 4 nitrogen and oxygen atoms in total. The topological polar surface area (TPSA) is 44.4 Å². The van der Waals surface area contributed by atoms with Gasteiger partial charge in [0.1, 0.15) is 0 Å². The average molecular weight is 289 g/mol. The molecule has 0 spiro atoms. The molecular weight excluding hydrogens is 270 g/mol. The zero-order chi connectivity index (χ0) is 14.9. The van der Waals surface area contributed by atoms with Crippen molar-refractivity contribution in [2.45, 2.75) is 19.9 Å². The fourth-order valence-corrected chi connectivity index (χ4v) is 2.65. The summed E-state index contributed by atoms with van der Waals surface area (Å²) >= 11 is 5.19. The molecule has 0 aromatic heterocycles. The first kappa shape index (κ1) is 14.5. The third-order valence-electron chi connectivity index (χ3n) is 3.39. The van der Waals surface area contributed by atoms with Gasteiger partial charge in [-0.3, -0.25) is 4.79 Å². The lowest BCUT2D eigenvalue weighted by Gasteiger charge is -2.30. The maximum atomic E-state index is 11.9. The molecule has 1 unspecified atom stereocenters. The number of carbonyl (C=O) groups is 1. The van der Waals surface area contributed by atoms with E-state index < -0.39 is 0 Å². The van der Waals surface area contributed by atoms with Crippen molar-refractivity contribution < 1.29 is 4.79 Å². The van der Waals surface area contributed by atoms with E-state index in [2.05, 4.69) is 10.6 Å². The van der Waals surface area contributed by atoms with Gasteiger partial charge in [-0.25, -0.2) is 0 Å². The van der Waals surface area contributed by atoms with Crippen LogP contribution in [0.15, 0.2) is 35.5 Å². The molecule has 0 amide bonds. The van der Waals surface area contributed by atoms with Crippen molar-refractivity contribution in [2.75, 3.05) is 19.0 Å². The van der Waals surface area contributed by atoms with E-state index in [1.54, 1.807) is 6.92 Å². The van der Waals surface area contributed by atoms with Crippen LogP contribution in [0, 0.1) is 0 Å². The second-order valence-corrected chi connectivity index (χ2v) is 5.52. The third-order valence-corrected chi connectivity index (χ3v) is 3.61. The first-order valence-corrected chi connectivity index (χ1v) is 6.87. The molecular formula is C15H19N3OS. The summed E-state index contributed by atoms with van der Waals surface area (Å²) in [5.41, 5.74) is 3.71. The molecule has 1 heterocycles. The Morgan fingerprint density at radius 3 is 2.35 bits per heavy atom. The lowest BCUT2D eigenvalue weighted by molar-refractivity contribution is -0.114. The summed E-state index contributed by atoms with van der Waals surface area (Å²) in [6.45, 7) is 3.46. The minimum absolute atomic E-state index is 0.0479. The van der Waals surface area contributed by atoms with E-state index >= 15 is 0 Å². The molecule has 2 rings (SSSR count). The predicted molar refractivity (Wildman–Crippen MR) is 85.8 cm³/mol. The SMILES string of the molecule is CC(=O)C1=C(C)NC(=S)NC1c1ccc(N(C)C)cc1. The highest BCUT2D eigenvalue weighted by Crippen LogP contribution is 2.28. The number of rotatable bonds is 3. The van der Waals surface area contributed by atoms with Crippen LogP contribution >= 0.6 is 12.2 Å². The van der Waals surface area contributed by atoms with Crippen molar-refractivity contribution in [2.24, 2.45) is 0 Å². The van der Waals surface area contributed by atoms with Crippen molar-refractivity contribution >= 4 is 28.8 Å². The molecule has 0 bridgehead atoms. The van der Waals surface area contributed by atoms with E-state index in [1.165, 1.54) is 0 Å². The van der Waals surface area contributed by atoms with E-state index in [0.717, 1.165) is 22.5 Å². The number of thiocarbonyl (C=S) groups is 1. The second kappa shape index (κ2) is 5.63. The molecule has 1 aromatic carbocycles. The molecule has 5 heteroatoms. The third kappa shape index (κ3) is 2.82. The number of Topliss-reactive ketones (excluding diaryl/α,β-unsaturated/α-hetero) is 1. The standard InChI is InChI=1S/C15H19N3OS/c1-9-13(10(2)19)14(17-15(20)16-9)11-5-7-12(8-6-11)18(3)4/h5-8,14H,1-4H3,(H2,16,17,20). The van der Waals surface area contributed by atoms with Gasteiger partial charge >= 0.3 is 0 Å². The Labute approximate surface area is 124 Å². The summed E-state index contributed by atoms with van der Waals surface area (Å²) in [5, 5.41) is 6.73. The molecule has 1 atom stereocenters. The van der Waals surface area contributed by atoms with Gasteiger partial charge in [0, 0.05) is 31.1 Å². The van der Waals surface area contributed by atoms with Crippen LogP contribution in [0.1, 0.15) is 25.5 Å². The first-order valence-electron chi connectivity index (χ1n) is 6.46. The van der Waals surface area contributed by atoms with E-state index in [-0.39, 0.29) is 11.8 Å². The molecule has 0 saturated heterocycles. The van der Waals surface area contributed by atoms with Crippen LogP contribution in [0.3, 0.4) is 0 Å². The molecule has 0 aliphatic carbocycles. The molecule has 0 saturated carbocycles. The van der Waals surface area contributed by atoms with Crippen LogP contribution in [0.4, 0.5) is 5.69 Å². The van der Waals surface area contributed by atoms with Crippen LogP contribution in [0.5, 0.6) is 0 Å². The summed E-state index contributed by atoms with van der Waals surface area (Å²) in [7, 11) is 4.00. The number of ketones is 1. The van der Waals surface area contributed by atoms with Gasteiger partial charge in [0.25, 0.3) is 0 Å². The molecule has 2 N–H and O–H groups in total. The van der Waals surface area contributed by atoms with Crippen molar-refractivity contribution in [3.8, 4) is 0 Å². The number of nitrogens with one attached hydrogen (secondary N) is 2. The van der Waals surface area contributed by atoms with Crippen LogP contribution < -0.4 is 15.5 Å². The van der Waals surface area contributed by atoms with Gasteiger partial charge in [0.2, 0.25) is 0 Å². The van der Waals surface area contributed by atoms with E-state index in [0.29, 0.717) is 5.11 Å². The van der Waals surface area contributed by atoms with Crippen molar-refractivity contribution in [1.82, 2.24) is 10.6 Å². The minimum atomic E-state index is -0.183. The van der Waals surface area contributed by atoms with Gasteiger partial charge in [0.05, 0.1) is 6.04 Å². The zero-order valence-corrected chi connectivity index (χ0v) is 13.0. The summed E-state index contributed by atoms with van der Waals surface area (Å²) in [4.78, 5) is 13.9. The maximum absolute atomic E-state index is 11.9. The Balaban J connectivity index is 2.41. The second-order valence-electron chi connectivity index (χ2n) is 5.11. The largest absolute Gasteiger partial charge is 0.378 e. The maximum Gasteiger partial charge on any atom is 0.171 e. The smallest absolute Gasteiger partial charge is 0.171 e. The summed E-state index contributed by atoms with van der Waals surface area (Å²) in [6, 6.07) is 7.94. The monoisotopic (exact) mass is 289 g/mol. The first-order chi connectivity index (χ1) is 9.40.